The molecule has 138 valence electrons. The van der Waals surface area contributed by atoms with Gasteiger partial charge in [0.05, 0.1) is 11.8 Å². The van der Waals surface area contributed by atoms with Crippen LogP contribution in [0.1, 0.15) is 27.0 Å². The molecule has 0 saturated carbocycles. The Morgan fingerprint density at radius 2 is 1.93 bits per heavy atom. The second-order valence-corrected chi connectivity index (χ2v) is 6.66. The van der Waals surface area contributed by atoms with E-state index in [1.54, 1.807) is 24.5 Å². The largest absolute Gasteiger partial charge is 0.342 e. The van der Waals surface area contributed by atoms with Gasteiger partial charge in [-0.2, -0.15) is 5.10 Å². The number of nitrogens with zero attached hydrogens (tertiary/aromatic N) is 3. The zero-order valence-corrected chi connectivity index (χ0v) is 15.5. The van der Waals surface area contributed by atoms with Crippen LogP contribution in [0.15, 0.2) is 84.4 Å². The number of aromatic nitrogens is 2. The molecule has 0 bridgehead atoms. The van der Waals surface area contributed by atoms with Crippen LogP contribution in [0.3, 0.4) is 0 Å². The summed E-state index contributed by atoms with van der Waals surface area (Å²) in [6.45, 7) is 2.86. The van der Waals surface area contributed by atoms with E-state index in [0.29, 0.717) is 5.56 Å². The van der Waals surface area contributed by atoms with Gasteiger partial charge in [0.25, 0.3) is 5.91 Å². The SMILES string of the molecule is Cc1ccc(Cn2cc(/C=N/NC(=O)c3cccnc3)c3ccccc32)cc1. The number of hydrazone groups is 1. The van der Waals surface area contributed by atoms with Gasteiger partial charge in [0.1, 0.15) is 0 Å². The standard InChI is InChI=1S/C23H20N4O/c1-17-8-10-18(11-9-17)15-27-16-20(21-6-2-3-7-22(21)27)14-25-26-23(28)19-5-4-12-24-13-19/h2-14,16H,15H2,1H3,(H,26,28)/b25-14+. The smallest absolute Gasteiger partial charge is 0.272 e. The van der Waals surface area contributed by atoms with Crippen LogP contribution in [-0.2, 0) is 6.54 Å². The highest BCUT2D eigenvalue weighted by Crippen LogP contribution is 2.21. The minimum Gasteiger partial charge on any atom is -0.342 e. The van der Waals surface area contributed by atoms with E-state index in [2.05, 4.69) is 69.6 Å². The van der Waals surface area contributed by atoms with E-state index in [1.807, 2.05) is 12.1 Å². The molecule has 1 amide bonds. The average molecular weight is 368 g/mol. The summed E-state index contributed by atoms with van der Waals surface area (Å²) in [5.74, 6) is -0.284. The molecule has 5 nitrogen and oxygen atoms in total. The lowest BCUT2D eigenvalue weighted by Gasteiger charge is -2.06. The molecule has 28 heavy (non-hydrogen) atoms. The van der Waals surface area contributed by atoms with E-state index in [1.165, 1.54) is 17.3 Å². The van der Waals surface area contributed by atoms with Crippen LogP contribution >= 0.6 is 0 Å². The number of carbonyl (C=O) groups is 1. The van der Waals surface area contributed by atoms with Crippen LogP contribution in [-0.4, -0.2) is 21.7 Å². The fourth-order valence-electron chi connectivity index (χ4n) is 3.12. The Kier molecular flexibility index (Phi) is 4.97. The monoisotopic (exact) mass is 368 g/mol. The van der Waals surface area contributed by atoms with Gasteiger partial charge in [0.15, 0.2) is 0 Å². The zero-order chi connectivity index (χ0) is 19.3. The van der Waals surface area contributed by atoms with E-state index < -0.39 is 0 Å². The maximum absolute atomic E-state index is 12.1. The van der Waals surface area contributed by atoms with Gasteiger partial charge in [-0.25, -0.2) is 5.43 Å². The maximum Gasteiger partial charge on any atom is 0.272 e. The van der Waals surface area contributed by atoms with Crippen molar-refractivity contribution in [1.29, 1.82) is 0 Å². The first-order valence-corrected chi connectivity index (χ1v) is 9.07. The van der Waals surface area contributed by atoms with Crippen LogP contribution in [0.2, 0.25) is 0 Å². The Labute approximate surface area is 163 Å². The third kappa shape index (κ3) is 3.83. The molecule has 0 aliphatic heterocycles. The Bertz CT molecular complexity index is 1130. The summed E-state index contributed by atoms with van der Waals surface area (Å²) in [5.41, 5.74) is 7.60. The second-order valence-electron chi connectivity index (χ2n) is 6.66. The van der Waals surface area contributed by atoms with Crippen LogP contribution in [0, 0.1) is 6.92 Å². The number of pyridine rings is 1. The van der Waals surface area contributed by atoms with Crippen molar-refractivity contribution in [2.45, 2.75) is 13.5 Å². The first-order valence-electron chi connectivity index (χ1n) is 9.07. The van der Waals surface area contributed by atoms with Crippen molar-refractivity contribution in [3.63, 3.8) is 0 Å². The lowest BCUT2D eigenvalue weighted by Crippen LogP contribution is -2.17. The minimum absolute atomic E-state index is 0.284. The van der Waals surface area contributed by atoms with Gasteiger partial charge in [-0.05, 0) is 30.7 Å². The lowest BCUT2D eigenvalue weighted by molar-refractivity contribution is 0.0955. The molecule has 4 rings (SSSR count). The summed E-state index contributed by atoms with van der Waals surface area (Å²) in [7, 11) is 0. The number of nitrogens with one attached hydrogen (secondary N) is 1. The summed E-state index contributed by atoms with van der Waals surface area (Å²) in [5, 5.41) is 5.23. The molecule has 0 spiro atoms. The average Bonchev–Trinajstić information content (AvgIpc) is 3.08. The number of rotatable bonds is 5. The quantitative estimate of drug-likeness (QED) is 0.425. The van der Waals surface area contributed by atoms with Crippen LogP contribution in [0.25, 0.3) is 10.9 Å². The van der Waals surface area contributed by atoms with Crippen molar-refractivity contribution in [3.8, 4) is 0 Å². The fourth-order valence-corrected chi connectivity index (χ4v) is 3.12. The van der Waals surface area contributed by atoms with Gasteiger partial charge in [0.2, 0.25) is 0 Å². The van der Waals surface area contributed by atoms with Gasteiger partial charge < -0.3 is 4.57 Å². The lowest BCUT2D eigenvalue weighted by atomic mass is 10.1. The predicted molar refractivity (Wildman–Crippen MR) is 112 cm³/mol. The molecule has 4 aromatic rings. The number of aryl methyl sites for hydroxylation is 1. The molecule has 1 N–H and O–H groups in total. The van der Waals surface area contributed by atoms with E-state index in [4.69, 9.17) is 0 Å². The van der Waals surface area contributed by atoms with Gasteiger partial charge in [-0.1, -0.05) is 48.0 Å². The van der Waals surface area contributed by atoms with Crippen molar-refractivity contribution in [3.05, 3.63) is 102 Å². The van der Waals surface area contributed by atoms with Gasteiger partial charge in [-0.3, -0.25) is 9.78 Å². The Hall–Kier alpha value is -3.73. The van der Waals surface area contributed by atoms with Gasteiger partial charge in [0, 0.05) is 41.6 Å². The molecule has 0 aliphatic carbocycles. The topological polar surface area (TPSA) is 59.3 Å². The molecular formula is C23H20N4O. The molecule has 0 aliphatic rings. The van der Waals surface area contributed by atoms with Crippen molar-refractivity contribution in [2.75, 3.05) is 0 Å². The third-order valence-corrected chi connectivity index (χ3v) is 4.59. The molecule has 2 aromatic carbocycles. The Morgan fingerprint density at radius 3 is 2.71 bits per heavy atom. The number of carbonyl (C=O) groups excluding carboxylic acids is 1. The molecule has 0 radical (unpaired) electrons. The van der Waals surface area contributed by atoms with Gasteiger partial charge >= 0.3 is 0 Å². The fraction of sp³-hybridized carbons (Fsp3) is 0.0870. The number of hydrogen-bond donors (Lipinski definition) is 1. The normalized spacial score (nSPS) is 11.2. The van der Waals surface area contributed by atoms with Crippen molar-refractivity contribution in [1.82, 2.24) is 15.0 Å². The molecule has 0 unspecified atom stereocenters. The minimum atomic E-state index is -0.284. The molecule has 0 atom stereocenters. The van der Waals surface area contributed by atoms with E-state index in [9.17, 15) is 4.79 Å². The Balaban J connectivity index is 1.57. The van der Waals surface area contributed by atoms with Crippen molar-refractivity contribution < 1.29 is 4.79 Å². The first-order chi connectivity index (χ1) is 13.7. The van der Waals surface area contributed by atoms with E-state index >= 15 is 0 Å². The number of benzene rings is 2. The number of para-hydroxylation sites is 1. The van der Waals surface area contributed by atoms with E-state index in [-0.39, 0.29) is 5.91 Å². The maximum atomic E-state index is 12.1. The first kappa shape index (κ1) is 17.7. The predicted octanol–water partition coefficient (Wildman–Crippen LogP) is 4.16. The van der Waals surface area contributed by atoms with Crippen molar-refractivity contribution >= 4 is 23.0 Å². The summed E-state index contributed by atoms with van der Waals surface area (Å²) in [6, 6.07) is 20.1. The third-order valence-electron chi connectivity index (χ3n) is 4.59. The van der Waals surface area contributed by atoms with Crippen LogP contribution in [0.4, 0.5) is 0 Å². The van der Waals surface area contributed by atoms with Crippen LogP contribution < -0.4 is 5.43 Å². The van der Waals surface area contributed by atoms with Gasteiger partial charge in [-0.15, -0.1) is 0 Å². The zero-order valence-electron chi connectivity index (χ0n) is 15.5. The highest BCUT2D eigenvalue weighted by atomic mass is 16.2. The molecule has 2 heterocycles. The molecule has 2 aromatic heterocycles. The summed E-state index contributed by atoms with van der Waals surface area (Å²) in [4.78, 5) is 16.0. The molecule has 5 heteroatoms. The molecule has 0 saturated heterocycles. The van der Waals surface area contributed by atoms with Crippen LogP contribution in [0.5, 0.6) is 0 Å². The van der Waals surface area contributed by atoms with E-state index in [0.717, 1.165) is 23.0 Å². The summed E-state index contributed by atoms with van der Waals surface area (Å²) in [6.07, 6.45) is 6.88. The Morgan fingerprint density at radius 1 is 1.11 bits per heavy atom. The number of fused-ring (bicyclic) bond motifs is 1. The number of amides is 1. The summed E-state index contributed by atoms with van der Waals surface area (Å²) < 4.78 is 2.20. The highest BCUT2D eigenvalue weighted by Gasteiger charge is 2.08. The second kappa shape index (κ2) is 7.88. The molecule has 0 fully saturated rings. The van der Waals surface area contributed by atoms with Crippen molar-refractivity contribution in [2.24, 2.45) is 5.10 Å². The number of hydrogen-bond acceptors (Lipinski definition) is 3. The summed E-state index contributed by atoms with van der Waals surface area (Å²) >= 11 is 0. The molecular weight excluding hydrogens is 348 g/mol. The highest BCUT2D eigenvalue weighted by molar-refractivity contribution is 6.00.